The van der Waals surface area contributed by atoms with Crippen molar-refractivity contribution in [3.63, 3.8) is 0 Å². The minimum Gasteiger partial charge on any atom is -0.306 e. The summed E-state index contributed by atoms with van der Waals surface area (Å²) in [7, 11) is 0. The number of halogens is 3. The molecule has 0 bridgehead atoms. The average Bonchev–Trinajstić information content (AvgIpc) is 2.67. The van der Waals surface area contributed by atoms with Crippen LogP contribution in [0.4, 0.5) is 13.2 Å². The number of H-pyrrole nitrogens is 1. The van der Waals surface area contributed by atoms with Crippen molar-refractivity contribution in [2.24, 2.45) is 0 Å². The van der Waals surface area contributed by atoms with Crippen LogP contribution in [0.5, 0.6) is 0 Å². The molecule has 1 heterocycles. The smallest absolute Gasteiger partial charge is 0.306 e. The molecule has 0 fully saturated rings. The molecule has 2 aromatic carbocycles. The van der Waals surface area contributed by atoms with Crippen molar-refractivity contribution in [2.45, 2.75) is 32.4 Å². The Morgan fingerprint density at radius 1 is 1.10 bits per heavy atom. The molecule has 29 heavy (non-hydrogen) atoms. The number of nitrogens with one attached hydrogen (secondary N) is 1. The first-order chi connectivity index (χ1) is 13.6. The van der Waals surface area contributed by atoms with Gasteiger partial charge in [-0.05, 0) is 36.1 Å². The molecule has 0 radical (unpaired) electrons. The van der Waals surface area contributed by atoms with Crippen LogP contribution in [0.25, 0.3) is 11.4 Å². The molecule has 7 heteroatoms. The number of aryl methyl sites for hydroxylation is 1. The highest BCUT2D eigenvalue weighted by atomic mass is 19.4. The molecule has 150 valence electrons. The van der Waals surface area contributed by atoms with E-state index in [2.05, 4.69) is 9.97 Å². The zero-order valence-corrected chi connectivity index (χ0v) is 15.9. The molecule has 0 aliphatic heterocycles. The summed E-state index contributed by atoms with van der Waals surface area (Å²) >= 11 is 0. The topological polar surface area (TPSA) is 62.8 Å². The molecule has 3 rings (SSSR count). The summed E-state index contributed by atoms with van der Waals surface area (Å²) in [5.74, 6) is -0.383. The van der Waals surface area contributed by atoms with E-state index in [-0.39, 0.29) is 23.8 Å². The normalized spacial score (nSPS) is 12.6. The molecule has 0 spiro atoms. The molecule has 3 aromatic rings. The van der Waals surface area contributed by atoms with E-state index in [1.54, 1.807) is 38.1 Å². The number of nitrogens with zero attached hydrogens (tertiary/aromatic N) is 1. The van der Waals surface area contributed by atoms with Gasteiger partial charge in [-0.1, -0.05) is 43.3 Å². The summed E-state index contributed by atoms with van der Waals surface area (Å²) in [6.07, 6.45) is -4.39. The number of alkyl halides is 3. The quantitative estimate of drug-likeness (QED) is 0.603. The Hall–Kier alpha value is -3.22. The van der Waals surface area contributed by atoms with Gasteiger partial charge in [0.25, 0.3) is 5.56 Å². The van der Waals surface area contributed by atoms with Gasteiger partial charge in [0, 0.05) is 18.1 Å². The highest BCUT2D eigenvalue weighted by molar-refractivity contribution is 5.95. The van der Waals surface area contributed by atoms with Crippen LogP contribution in [0.2, 0.25) is 0 Å². The lowest BCUT2D eigenvalue weighted by molar-refractivity contribution is -0.137. The van der Waals surface area contributed by atoms with Crippen molar-refractivity contribution in [3.05, 3.63) is 87.3 Å². The van der Waals surface area contributed by atoms with Crippen molar-refractivity contribution in [1.29, 1.82) is 0 Å². The first-order valence-electron chi connectivity index (χ1n) is 9.03. The van der Waals surface area contributed by atoms with E-state index >= 15 is 0 Å². The van der Waals surface area contributed by atoms with Gasteiger partial charge < -0.3 is 4.98 Å². The van der Waals surface area contributed by atoms with Crippen molar-refractivity contribution in [1.82, 2.24) is 9.97 Å². The minimum absolute atomic E-state index is 0.0247. The predicted octanol–water partition coefficient (Wildman–Crippen LogP) is 5.14. The SMILES string of the molecule is Cc1cc(C(F)(F)F)ccc1C(C)CC(=O)c1cc(=O)[nH]c(-c2ccccc2)n1. The summed E-state index contributed by atoms with van der Waals surface area (Å²) in [4.78, 5) is 31.6. The molecule has 1 aromatic heterocycles. The molecule has 4 nitrogen and oxygen atoms in total. The Labute approximate surface area is 165 Å². The van der Waals surface area contributed by atoms with Crippen LogP contribution < -0.4 is 5.56 Å². The number of hydrogen-bond acceptors (Lipinski definition) is 3. The number of ketones is 1. The highest BCUT2D eigenvalue weighted by Crippen LogP contribution is 2.33. The third-order valence-electron chi connectivity index (χ3n) is 4.69. The molecule has 1 N–H and O–H groups in total. The maximum atomic E-state index is 12.9. The summed E-state index contributed by atoms with van der Waals surface area (Å²) in [5, 5.41) is 0. The van der Waals surface area contributed by atoms with E-state index in [9.17, 15) is 22.8 Å². The number of hydrogen-bond donors (Lipinski definition) is 1. The first-order valence-corrected chi connectivity index (χ1v) is 9.03. The van der Waals surface area contributed by atoms with Crippen LogP contribution in [0, 0.1) is 6.92 Å². The van der Waals surface area contributed by atoms with Crippen LogP contribution in [0.3, 0.4) is 0 Å². The highest BCUT2D eigenvalue weighted by Gasteiger charge is 2.31. The zero-order chi connectivity index (χ0) is 21.2. The van der Waals surface area contributed by atoms with Crippen molar-refractivity contribution in [2.75, 3.05) is 0 Å². The van der Waals surface area contributed by atoms with E-state index in [4.69, 9.17) is 0 Å². The lowest BCUT2D eigenvalue weighted by Gasteiger charge is -2.16. The van der Waals surface area contributed by atoms with Gasteiger partial charge in [0.05, 0.1) is 5.56 Å². The van der Waals surface area contributed by atoms with Crippen LogP contribution in [0.1, 0.15) is 46.4 Å². The minimum atomic E-state index is -4.41. The fourth-order valence-electron chi connectivity index (χ4n) is 3.23. The van der Waals surface area contributed by atoms with Crippen LogP contribution in [0.15, 0.2) is 59.4 Å². The fraction of sp³-hybridized carbons (Fsp3) is 0.227. The lowest BCUT2D eigenvalue weighted by Crippen LogP contribution is -2.15. The van der Waals surface area contributed by atoms with Gasteiger partial charge in [-0.15, -0.1) is 0 Å². The van der Waals surface area contributed by atoms with Gasteiger partial charge in [0.2, 0.25) is 0 Å². The van der Waals surface area contributed by atoms with E-state index < -0.39 is 17.3 Å². The van der Waals surface area contributed by atoms with Crippen molar-refractivity contribution >= 4 is 5.78 Å². The molecule has 1 atom stereocenters. The van der Waals surface area contributed by atoms with Gasteiger partial charge in [0.15, 0.2) is 5.78 Å². The number of carbonyl (C=O) groups is 1. The molecule has 1 unspecified atom stereocenters. The Kier molecular flexibility index (Phi) is 5.68. The van der Waals surface area contributed by atoms with Crippen molar-refractivity contribution < 1.29 is 18.0 Å². The van der Waals surface area contributed by atoms with Crippen LogP contribution in [-0.2, 0) is 6.18 Å². The lowest BCUT2D eigenvalue weighted by atomic mass is 9.90. The number of benzene rings is 2. The van der Waals surface area contributed by atoms with E-state index in [0.29, 0.717) is 22.5 Å². The molecule has 0 aliphatic carbocycles. The Bertz CT molecular complexity index is 1090. The maximum absolute atomic E-state index is 12.9. The first kappa shape index (κ1) is 20.5. The standard InChI is InChI=1S/C22H19F3N2O2/c1-13-10-16(22(23,24)25)8-9-17(13)14(2)11-19(28)18-12-20(29)27-21(26-18)15-6-4-3-5-7-15/h3-10,12,14H,11H2,1-2H3,(H,26,27,29). The Balaban J connectivity index is 1.84. The Morgan fingerprint density at radius 2 is 1.79 bits per heavy atom. The second kappa shape index (κ2) is 8.03. The van der Waals surface area contributed by atoms with Gasteiger partial charge >= 0.3 is 6.18 Å². The molecule has 0 saturated carbocycles. The fourth-order valence-corrected chi connectivity index (χ4v) is 3.23. The third-order valence-corrected chi connectivity index (χ3v) is 4.69. The van der Waals surface area contributed by atoms with E-state index in [1.807, 2.05) is 6.07 Å². The second-order valence-corrected chi connectivity index (χ2v) is 6.94. The molecule has 0 saturated heterocycles. The van der Waals surface area contributed by atoms with Gasteiger partial charge in [-0.3, -0.25) is 9.59 Å². The second-order valence-electron chi connectivity index (χ2n) is 6.94. The van der Waals surface area contributed by atoms with Gasteiger partial charge in [-0.25, -0.2) is 4.98 Å². The summed E-state index contributed by atoms with van der Waals surface area (Å²) in [6, 6.07) is 13.6. The molecule has 0 amide bonds. The zero-order valence-electron chi connectivity index (χ0n) is 15.9. The van der Waals surface area contributed by atoms with Crippen molar-refractivity contribution in [3.8, 4) is 11.4 Å². The third kappa shape index (κ3) is 4.80. The van der Waals surface area contributed by atoms with Crippen LogP contribution >= 0.6 is 0 Å². The Morgan fingerprint density at radius 3 is 2.41 bits per heavy atom. The van der Waals surface area contributed by atoms with Gasteiger partial charge in [0.1, 0.15) is 11.5 Å². The number of rotatable bonds is 5. The number of carbonyl (C=O) groups excluding carboxylic acids is 1. The van der Waals surface area contributed by atoms with Gasteiger partial charge in [-0.2, -0.15) is 13.2 Å². The van der Waals surface area contributed by atoms with E-state index in [0.717, 1.165) is 18.2 Å². The monoisotopic (exact) mass is 400 g/mol. The number of aromatic amines is 1. The van der Waals surface area contributed by atoms with E-state index in [1.165, 1.54) is 6.07 Å². The predicted molar refractivity (Wildman–Crippen MR) is 104 cm³/mol. The van der Waals surface area contributed by atoms with Crippen LogP contribution in [-0.4, -0.2) is 15.8 Å². The maximum Gasteiger partial charge on any atom is 0.416 e. The largest absolute Gasteiger partial charge is 0.416 e. The summed E-state index contributed by atoms with van der Waals surface area (Å²) in [5.41, 5.74) is 0.653. The molecular formula is C22H19F3N2O2. The summed E-state index contributed by atoms with van der Waals surface area (Å²) < 4.78 is 38.6. The average molecular weight is 400 g/mol. The molecule has 0 aliphatic rings. The number of aromatic nitrogens is 2. The number of Topliss-reactive ketones (excluding diaryl/α,β-unsaturated/α-hetero) is 1. The molecular weight excluding hydrogens is 381 g/mol. The summed E-state index contributed by atoms with van der Waals surface area (Å²) in [6.45, 7) is 3.35.